The highest BCUT2D eigenvalue weighted by Gasteiger charge is 2.35. The standard InChI is InChI=1S/C17H21N3O/c1-18-12-5-7-13(14(18)9-6-12)11-4-8-15-16(10-11)20(3)17(21)19(15)2/h4,7-8,10,12,14H,5-6,9H2,1-3H3. The van der Waals surface area contributed by atoms with Crippen molar-refractivity contribution < 1.29 is 0 Å². The minimum absolute atomic E-state index is 0.0397. The molecule has 2 atom stereocenters. The van der Waals surface area contributed by atoms with Gasteiger partial charge in [0.1, 0.15) is 0 Å². The second-order valence-corrected chi connectivity index (χ2v) is 6.41. The molecule has 0 N–H and O–H groups in total. The molecule has 1 aromatic heterocycles. The third kappa shape index (κ3) is 1.69. The molecule has 1 saturated heterocycles. The van der Waals surface area contributed by atoms with Crippen LogP contribution in [0.5, 0.6) is 0 Å². The van der Waals surface area contributed by atoms with E-state index in [0.717, 1.165) is 23.5 Å². The third-order valence-electron chi connectivity index (χ3n) is 5.42. The summed E-state index contributed by atoms with van der Waals surface area (Å²) in [6, 6.07) is 7.69. The number of hydrogen-bond acceptors (Lipinski definition) is 2. The van der Waals surface area contributed by atoms with Crippen molar-refractivity contribution in [1.29, 1.82) is 0 Å². The Hall–Kier alpha value is -1.81. The zero-order chi connectivity index (χ0) is 14.7. The van der Waals surface area contributed by atoms with Crippen molar-refractivity contribution in [3.63, 3.8) is 0 Å². The lowest BCUT2D eigenvalue weighted by Crippen LogP contribution is -2.35. The number of rotatable bonds is 1. The van der Waals surface area contributed by atoms with Crippen LogP contribution < -0.4 is 5.69 Å². The summed E-state index contributed by atoms with van der Waals surface area (Å²) in [4.78, 5) is 14.6. The topological polar surface area (TPSA) is 30.2 Å². The normalized spacial score (nSPS) is 25.6. The van der Waals surface area contributed by atoms with Gasteiger partial charge in [-0.05, 0) is 49.6 Å². The summed E-state index contributed by atoms with van der Waals surface area (Å²) in [5, 5.41) is 0. The molecule has 2 aliphatic heterocycles. The number of imidazole rings is 1. The highest BCUT2D eigenvalue weighted by molar-refractivity contribution is 5.83. The summed E-state index contributed by atoms with van der Waals surface area (Å²) in [5.41, 5.74) is 4.76. The first-order valence-electron chi connectivity index (χ1n) is 7.65. The first kappa shape index (κ1) is 12.9. The largest absolute Gasteiger partial charge is 0.328 e. The van der Waals surface area contributed by atoms with Crippen LogP contribution in [-0.2, 0) is 14.1 Å². The van der Waals surface area contributed by atoms with Crippen LogP contribution in [0.1, 0.15) is 24.8 Å². The van der Waals surface area contributed by atoms with Crippen molar-refractivity contribution in [2.75, 3.05) is 7.05 Å². The lowest BCUT2D eigenvalue weighted by Gasteiger charge is -2.32. The second kappa shape index (κ2) is 4.34. The van der Waals surface area contributed by atoms with Gasteiger partial charge >= 0.3 is 5.69 Å². The summed E-state index contributed by atoms with van der Waals surface area (Å²) >= 11 is 0. The molecule has 0 amide bonds. The summed E-state index contributed by atoms with van der Waals surface area (Å²) in [7, 11) is 5.92. The van der Waals surface area contributed by atoms with E-state index >= 15 is 0 Å². The molecule has 0 aliphatic carbocycles. The first-order valence-corrected chi connectivity index (χ1v) is 7.65. The SMILES string of the molecule is CN1C2CC=C(c3ccc4c(c3)n(C)c(=O)n4C)C1CC2. The highest BCUT2D eigenvalue weighted by atomic mass is 16.1. The van der Waals surface area contributed by atoms with Gasteiger partial charge in [-0.15, -0.1) is 0 Å². The van der Waals surface area contributed by atoms with Crippen LogP contribution in [0, 0.1) is 0 Å². The third-order valence-corrected chi connectivity index (χ3v) is 5.42. The predicted octanol–water partition coefficient (Wildman–Crippen LogP) is 2.13. The van der Waals surface area contributed by atoms with E-state index < -0.39 is 0 Å². The van der Waals surface area contributed by atoms with Crippen molar-refractivity contribution >= 4 is 16.6 Å². The zero-order valence-corrected chi connectivity index (χ0v) is 12.8. The van der Waals surface area contributed by atoms with E-state index in [-0.39, 0.29) is 5.69 Å². The summed E-state index contributed by atoms with van der Waals surface area (Å²) in [6.45, 7) is 0. The maximum atomic E-state index is 12.1. The van der Waals surface area contributed by atoms with Crippen LogP contribution in [-0.4, -0.2) is 33.2 Å². The highest BCUT2D eigenvalue weighted by Crippen LogP contribution is 2.39. The van der Waals surface area contributed by atoms with Gasteiger partial charge in [-0.25, -0.2) is 4.79 Å². The van der Waals surface area contributed by atoms with E-state index in [0.29, 0.717) is 6.04 Å². The fourth-order valence-corrected chi connectivity index (χ4v) is 4.07. The Kier molecular flexibility index (Phi) is 2.67. The van der Waals surface area contributed by atoms with E-state index in [9.17, 15) is 4.79 Å². The molecule has 21 heavy (non-hydrogen) atoms. The molecule has 4 rings (SSSR count). The molecule has 2 aromatic rings. The molecular weight excluding hydrogens is 262 g/mol. The molecule has 3 heterocycles. The van der Waals surface area contributed by atoms with Gasteiger partial charge in [-0.3, -0.25) is 14.0 Å². The van der Waals surface area contributed by atoms with Crippen LogP contribution in [0.4, 0.5) is 0 Å². The minimum atomic E-state index is 0.0397. The Labute approximate surface area is 124 Å². The zero-order valence-electron chi connectivity index (χ0n) is 12.8. The Bertz CT molecular complexity index is 811. The fraction of sp³-hybridized carbons (Fsp3) is 0.471. The molecular formula is C17H21N3O. The average molecular weight is 283 g/mol. The van der Waals surface area contributed by atoms with Gasteiger partial charge in [0, 0.05) is 26.2 Å². The first-order chi connectivity index (χ1) is 10.1. The molecule has 0 saturated carbocycles. The number of benzene rings is 1. The van der Waals surface area contributed by atoms with Crippen molar-refractivity contribution in [3.8, 4) is 0 Å². The Morgan fingerprint density at radius 2 is 1.81 bits per heavy atom. The van der Waals surface area contributed by atoms with Gasteiger partial charge in [0.15, 0.2) is 0 Å². The monoisotopic (exact) mass is 283 g/mol. The molecule has 0 spiro atoms. The number of hydrogen-bond donors (Lipinski definition) is 0. The lowest BCUT2D eigenvalue weighted by atomic mass is 9.94. The van der Waals surface area contributed by atoms with Crippen molar-refractivity contribution in [2.24, 2.45) is 14.1 Å². The molecule has 1 fully saturated rings. The van der Waals surface area contributed by atoms with Crippen LogP contribution in [0.15, 0.2) is 29.1 Å². The molecule has 1 aromatic carbocycles. The molecule has 2 unspecified atom stereocenters. The Morgan fingerprint density at radius 3 is 2.62 bits per heavy atom. The van der Waals surface area contributed by atoms with Gasteiger partial charge in [-0.1, -0.05) is 12.1 Å². The smallest absolute Gasteiger partial charge is 0.296 e. The van der Waals surface area contributed by atoms with Crippen LogP contribution in [0.2, 0.25) is 0 Å². The fourth-order valence-electron chi connectivity index (χ4n) is 4.07. The van der Waals surface area contributed by atoms with Gasteiger partial charge in [-0.2, -0.15) is 0 Å². The lowest BCUT2D eigenvalue weighted by molar-refractivity contribution is 0.267. The van der Waals surface area contributed by atoms with E-state index in [1.807, 2.05) is 14.1 Å². The molecule has 2 bridgehead atoms. The number of aryl methyl sites for hydroxylation is 2. The van der Waals surface area contributed by atoms with E-state index in [1.165, 1.54) is 24.0 Å². The molecule has 4 heteroatoms. The van der Waals surface area contributed by atoms with E-state index in [2.05, 4.69) is 36.2 Å². The number of aromatic nitrogens is 2. The average Bonchev–Trinajstić information content (AvgIpc) is 2.84. The van der Waals surface area contributed by atoms with Crippen LogP contribution >= 0.6 is 0 Å². The predicted molar refractivity (Wildman–Crippen MR) is 85.3 cm³/mol. The quantitative estimate of drug-likeness (QED) is 0.802. The molecule has 0 radical (unpaired) electrons. The Morgan fingerprint density at radius 1 is 1.05 bits per heavy atom. The number of fused-ring (bicyclic) bond motifs is 3. The number of nitrogens with zero attached hydrogens (tertiary/aromatic N) is 3. The van der Waals surface area contributed by atoms with Crippen LogP contribution in [0.25, 0.3) is 16.6 Å². The Balaban J connectivity index is 1.87. The second-order valence-electron chi connectivity index (χ2n) is 6.41. The maximum Gasteiger partial charge on any atom is 0.328 e. The van der Waals surface area contributed by atoms with Gasteiger partial charge in [0.05, 0.1) is 11.0 Å². The molecule has 4 nitrogen and oxygen atoms in total. The van der Waals surface area contributed by atoms with Crippen LogP contribution in [0.3, 0.4) is 0 Å². The van der Waals surface area contributed by atoms with Gasteiger partial charge in [0.2, 0.25) is 0 Å². The van der Waals surface area contributed by atoms with Crippen molar-refractivity contribution in [2.45, 2.75) is 31.3 Å². The van der Waals surface area contributed by atoms with Gasteiger partial charge in [0.25, 0.3) is 0 Å². The summed E-state index contributed by atoms with van der Waals surface area (Å²) in [5.74, 6) is 0. The van der Waals surface area contributed by atoms with Crippen molar-refractivity contribution in [3.05, 3.63) is 40.3 Å². The van der Waals surface area contributed by atoms with E-state index in [4.69, 9.17) is 0 Å². The maximum absolute atomic E-state index is 12.1. The van der Waals surface area contributed by atoms with Crippen molar-refractivity contribution in [1.82, 2.24) is 14.0 Å². The number of likely N-dealkylation sites (N-methyl/N-ethyl adjacent to an activating group) is 1. The molecule has 110 valence electrons. The molecule has 2 aliphatic rings. The van der Waals surface area contributed by atoms with Gasteiger partial charge < -0.3 is 0 Å². The summed E-state index contributed by atoms with van der Waals surface area (Å²) < 4.78 is 3.45. The minimum Gasteiger partial charge on any atom is -0.296 e. The summed E-state index contributed by atoms with van der Waals surface area (Å²) in [6.07, 6.45) is 6.10. The van der Waals surface area contributed by atoms with E-state index in [1.54, 1.807) is 9.13 Å².